The van der Waals surface area contributed by atoms with Gasteiger partial charge in [0.05, 0.1) is 30.2 Å². The van der Waals surface area contributed by atoms with Gasteiger partial charge in [0.15, 0.2) is 10.8 Å². The number of rotatable bonds is 3. The zero-order chi connectivity index (χ0) is 19.2. The fourth-order valence-corrected chi connectivity index (χ4v) is 4.40. The van der Waals surface area contributed by atoms with Gasteiger partial charge in [-0.05, 0) is 17.9 Å². The highest BCUT2D eigenvalue weighted by atomic mass is 16.7. The van der Waals surface area contributed by atoms with Crippen LogP contribution in [0, 0.1) is 62.1 Å². The summed E-state index contributed by atoms with van der Waals surface area (Å²) in [5.41, 5.74) is -2.57. The van der Waals surface area contributed by atoms with Crippen molar-refractivity contribution in [1.82, 2.24) is 0 Å². The zero-order valence-corrected chi connectivity index (χ0v) is 15.0. The summed E-state index contributed by atoms with van der Waals surface area (Å²) < 4.78 is 11.9. The summed E-state index contributed by atoms with van der Waals surface area (Å²) in [6, 6.07) is 15.7. The molecule has 2 fully saturated rings. The van der Waals surface area contributed by atoms with E-state index >= 15 is 0 Å². The van der Waals surface area contributed by atoms with E-state index in [0.717, 1.165) is 5.56 Å². The van der Waals surface area contributed by atoms with Gasteiger partial charge in [-0.3, -0.25) is 5.41 Å². The molecule has 0 amide bonds. The zero-order valence-electron chi connectivity index (χ0n) is 15.0. The monoisotopic (exact) mass is 348 g/mol. The second-order valence-electron chi connectivity index (χ2n) is 7.42. The van der Waals surface area contributed by atoms with Crippen LogP contribution in [0.15, 0.2) is 30.3 Å². The Hall–Kier alpha value is -2.88. The second-order valence-corrected chi connectivity index (χ2v) is 7.42. The van der Waals surface area contributed by atoms with Crippen molar-refractivity contribution < 1.29 is 9.47 Å². The topological polar surface area (TPSA) is 114 Å². The van der Waals surface area contributed by atoms with Gasteiger partial charge in [-0.15, -0.1) is 0 Å². The molecule has 1 aromatic carbocycles. The number of nitriles is 3. The van der Waals surface area contributed by atoms with Crippen LogP contribution >= 0.6 is 0 Å². The average Bonchev–Trinajstić information content (AvgIpc) is 2.79. The third kappa shape index (κ3) is 2.02. The van der Waals surface area contributed by atoms with Crippen LogP contribution in [0.1, 0.15) is 26.3 Å². The highest BCUT2D eigenvalue weighted by Gasteiger charge is 2.79. The molecule has 2 aliphatic heterocycles. The highest BCUT2D eigenvalue weighted by molar-refractivity contribution is 5.89. The van der Waals surface area contributed by atoms with E-state index < -0.39 is 28.6 Å². The maximum absolute atomic E-state index is 10.2. The number of nitrogens with zero attached hydrogens (tertiary/aromatic N) is 3. The summed E-state index contributed by atoms with van der Waals surface area (Å²) in [6.07, 6.45) is -0.472. The molecule has 2 aliphatic rings. The van der Waals surface area contributed by atoms with Crippen LogP contribution < -0.4 is 0 Å². The van der Waals surface area contributed by atoms with Gasteiger partial charge in [0.2, 0.25) is 11.7 Å². The van der Waals surface area contributed by atoms with Gasteiger partial charge in [-0.1, -0.05) is 44.2 Å². The molecule has 2 saturated heterocycles. The third-order valence-electron chi connectivity index (χ3n) is 5.65. The molecule has 26 heavy (non-hydrogen) atoms. The van der Waals surface area contributed by atoms with Crippen LogP contribution in [-0.4, -0.2) is 17.8 Å². The quantitative estimate of drug-likeness (QED) is 0.901. The van der Waals surface area contributed by atoms with Crippen molar-refractivity contribution in [3.8, 4) is 18.2 Å². The summed E-state index contributed by atoms with van der Waals surface area (Å²) in [5.74, 6) is -2.44. The Morgan fingerprint density at radius 3 is 2.23 bits per heavy atom. The lowest BCUT2D eigenvalue weighted by molar-refractivity contribution is -0.278. The molecule has 0 aliphatic carbocycles. The normalized spacial score (nSPS) is 34.4. The van der Waals surface area contributed by atoms with Gasteiger partial charge in [0.1, 0.15) is 0 Å². The van der Waals surface area contributed by atoms with Crippen LogP contribution in [0.25, 0.3) is 0 Å². The van der Waals surface area contributed by atoms with E-state index in [1.165, 1.54) is 0 Å². The molecule has 6 nitrogen and oxygen atoms in total. The van der Waals surface area contributed by atoms with Gasteiger partial charge >= 0.3 is 0 Å². The number of ether oxygens (including phenoxy) is 2. The van der Waals surface area contributed by atoms with Gasteiger partial charge in [-0.2, -0.15) is 15.8 Å². The molecule has 1 aromatic rings. The van der Waals surface area contributed by atoms with Crippen LogP contribution in [0.5, 0.6) is 0 Å². The predicted molar refractivity (Wildman–Crippen MR) is 92.3 cm³/mol. The largest absolute Gasteiger partial charge is 0.448 e. The van der Waals surface area contributed by atoms with E-state index in [0.29, 0.717) is 6.42 Å². The maximum atomic E-state index is 10.2. The molecule has 1 N–H and O–H groups in total. The van der Waals surface area contributed by atoms with Gasteiger partial charge in [0, 0.05) is 6.92 Å². The van der Waals surface area contributed by atoms with Crippen molar-refractivity contribution in [3.63, 3.8) is 0 Å². The predicted octanol–water partition coefficient (Wildman–Crippen LogP) is 3.17. The van der Waals surface area contributed by atoms with E-state index in [-0.39, 0.29) is 11.8 Å². The average molecular weight is 348 g/mol. The van der Waals surface area contributed by atoms with Crippen LogP contribution in [0.2, 0.25) is 0 Å². The Balaban J connectivity index is 2.24. The number of hydrogen-bond donors (Lipinski definition) is 1. The first-order valence-electron chi connectivity index (χ1n) is 8.55. The molecule has 0 spiro atoms. The smallest absolute Gasteiger partial charge is 0.214 e. The van der Waals surface area contributed by atoms with Crippen LogP contribution in [-0.2, 0) is 15.9 Å². The minimum Gasteiger partial charge on any atom is -0.448 e. The molecule has 2 bridgehead atoms. The summed E-state index contributed by atoms with van der Waals surface area (Å²) in [5, 5.41) is 38.6. The molecule has 2 heterocycles. The lowest BCUT2D eigenvalue weighted by Crippen LogP contribution is -2.63. The fourth-order valence-electron chi connectivity index (χ4n) is 4.40. The van der Waals surface area contributed by atoms with Gasteiger partial charge in [-0.25, -0.2) is 0 Å². The number of nitrogens with one attached hydrogen (secondary N) is 1. The molecule has 0 aromatic heterocycles. The van der Waals surface area contributed by atoms with Crippen molar-refractivity contribution >= 4 is 5.90 Å². The third-order valence-corrected chi connectivity index (χ3v) is 5.65. The van der Waals surface area contributed by atoms with Crippen LogP contribution in [0.4, 0.5) is 0 Å². The second kappa shape index (κ2) is 5.84. The minimum absolute atomic E-state index is 0.200. The molecule has 0 saturated carbocycles. The Morgan fingerprint density at radius 1 is 1.12 bits per heavy atom. The lowest BCUT2D eigenvalue weighted by Gasteiger charge is -2.50. The molecule has 4 unspecified atom stereocenters. The SMILES string of the molecule is CC(C)C1OC2(C)OC(=N)C(C#N)(C2Cc2ccccc2)C1(C#N)C#N. The number of benzene rings is 1. The van der Waals surface area contributed by atoms with Crippen LogP contribution in [0.3, 0.4) is 0 Å². The standard InChI is InChI=1S/C20H20N4O2/c1-13(2)16-19(10-21,11-22)20(12-23)15(9-14-7-5-4-6-8-14)18(3,25-16)26-17(20)24/h4-8,13,15-16,24H,9H2,1-3H3. The van der Waals surface area contributed by atoms with Gasteiger partial charge < -0.3 is 9.47 Å². The van der Waals surface area contributed by atoms with E-state index in [4.69, 9.17) is 14.9 Å². The van der Waals surface area contributed by atoms with Crippen molar-refractivity contribution in [2.24, 2.45) is 22.7 Å². The maximum Gasteiger partial charge on any atom is 0.214 e. The summed E-state index contributed by atoms with van der Waals surface area (Å²) in [7, 11) is 0. The first kappa shape index (κ1) is 17.9. The molecule has 4 atom stereocenters. The molecule has 6 heteroatoms. The molecular weight excluding hydrogens is 328 g/mol. The van der Waals surface area contributed by atoms with Gasteiger partial charge in [0.25, 0.3) is 0 Å². The van der Waals surface area contributed by atoms with E-state index in [2.05, 4.69) is 18.2 Å². The Morgan fingerprint density at radius 2 is 1.73 bits per heavy atom. The van der Waals surface area contributed by atoms with E-state index in [1.807, 2.05) is 44.2 Å². The van der Waals surface area contributed by atoms with E-state index in [9.17, 15) is 15.8 Å². The summed E-state index contributed by atoms with van der Waals surface area (Å²) in [4.78, 5) is 0. The molecule has 0 radical (unpaired) electrons. The Bertz CT molecular complexity index is 847. The van der Waals surface area contributed by atoms with E-state index in [1.54, 1.807) is 6.92 Å². The summed E-state index contributed by atoms with van der Waals surface area (Å²) >= 11 is 0. The van der Waals surface area contributed by atoms with Crippen molar-refractivity contribution in [1.29, 1.82) is 21.2 Å². The first-order chi connectivity index (χ1) is 12.3. The fraction of sp³-hybridized carbons (Fsp3) is 0.500. The van der Waals surface area contributed by atoms with Crippen molar-refractivity contribution in [3.05, 3.63) is 35.9 Å². The highest BCUT2D eigenvalue weighted by Crippen LogP contribution is 2.64. The number of fused-ring (bicyclic) bond motifs is 2. The van der Waals surface area contributed by atoms with Crippen molar-refractivity contribution in [2.45, 2.75) is 39.1 Å². The Kier molecular flexibility index (Phi) is 4.02. The minimum atomic E-state index is -1.82. The lowest BCUT2D eigenvalue weighted by atomic mass is 9.52. The molecule has 132 valence electrons. The summed E-state index contributed by atoms with van der Waals surface area (Å²) in [6.45, 7) is 5.37. The number of hydrogen-bond acceptors (Lipinski definition) is 6. The Labute approximate surface area is 153 Å². The molecule has 3 rings (SSSR count). The molecular formula is C20H20N4O2. The first-order valence-corrected chi connectivity index (χ1v) is 8.55. The van der Waals surface area contributed by atoms with Crippen molar-refractivity contribution in [2.75, 3.05) is 0 Å².